The molecule has 0 aromatic heterocycles. The molecule has 0 radical (unpaired) electrons. The lowest BCUT2D eigenvalue weighted by Crippen LogP contribution is -2.17. The Bertz CT molecular complexity index is 393. The number of aliphatic hydroxyl groups excluding tert-OH is 1. The number of hydrogen-bond donors (Lipinski definition) is 2. The summed E-state index contributed by atoms with van der Waals surface area (Å²) < 4.78 is 40.3. The summed E-state index contributed by atoms with van der Waals surface area (Å²) >= 11 is 0. The summed E-state index contributed by atoms with van der Waals surface area (Å²) in [7, 11) is 0. The fraction of sp³-hybridized carbons (Fsp3) is 0.500. The molecule has 102 valence electrons. The van der Waals surface area contributed by atoms with Crippen LogP contribution in [0.1, 0.15) is 30.6 Å². The first-order valence-electron chi connectivity index (χ1n) is 5.63. The van der Waals surface area contributed by atoms with Crippen LogP contribution in [0.4, 0.5) is 13.2 Å². The number of aliphatic hydroxyl groups is 1. The molecule has 0 fully saturated rings. The first-order valence-corrected chi connectivity index (χ1v) is 5.63. The Kier molecular flexibility index (Phi) is 4.98. The van der Waals surface area contributed by atoms with E-state index >= 15 is 0 Å². The average Bonchev–Trinajstić information content (AvgIpc) is 2.26. The van der Waals surface area contributed by atoms with Crippen molar-refractivity contribution in [2.45, 2.75) is 32.2 Å². The van der Waals surface area contributed by atoms with Gasteiger partial charge in [0.15, 0.2) is 0 Å². The van der Waals surface area contributed by atoms with Crippen LogP contribution in [0.25, 0.3) is 0 Å². The summed E-state index contributed by atoms with van der Waals surface area (Å²) in [6.07, 6.45) is -4.77. The van der Waals surface area contributed by atoms with Crippen LogP contribution in [0, 0.1) is 0 Å². The van der Waals surface area contributed by atoms with Crippen LogP contribution < -0.4 is 10.5 Å². The smallest absolute Gasteiger partial charge is 0.406 e. The van der Waals surface area contributed by atoms with Crippen LogP contribution in [-0.4, -0.2) is 18.0 Å². The van der Waals surface area contributed by atoms with E-state index in [1.807, 2.05) is 6.92 Å². The van der Waals surface area contributed by atoms with E-state index in [-0.39, 0.29) is 12.3 Å². The molecule has 0 aliphatic heterocycles. The highest BCUT2D eigenvalue weighted by atomic mass is 19.4. The molecule has 1 rings (SSSR count). The van der Waals surface area contributed by atoms with Crippen LogP contribution >= 0.6 is 0 Å². The van der Waals surface area contributed by atoms with Gasteiger partial charge in [0, 0.05) is 0 Å². The Hall–Kier alpha value is -1.27. The fourth-order valence-corrected chi connectivity index (χ4v) is 1.60. The Morgan fingerprint density at radius 2 is 2.00 bits per heavy atom. The molecule has 1 aromatic carbocycles. The molecule has 0 aliphatic rings. The first kappa shape index (κ1) is 14.8. The quantitative estimate of drug-likeness (QED) is 0.858. The van der Waals surface area contributed by atoms with E-state index in [1.54, 1.807) is 6.07 Å². The van der Waals surface area contributed by atoms with Crippen LogP contribution in [-0.2, 0) is 6.42 Å². The third-order valence-corrected chi connectivity index (χ3v) is 2.46. The zero-order chi connectivity index (χ0) is 13.8. The van der Waals surface area contributed by atoms with E-state index in [1.165, 1.54) is 12.1 Å². The first-order chi connectivity index (χ1) is 8.35. The maximum absolute atomic E-state index is 12.2. The molecule has 0 saturated carbocycles. The second kappa shape index (κ2) is 6.06. The van der Waals surface area contributed by atoms with Crippen molar-refractivity contribution >= 4 is 0 Å². The predicted molar refractivity (Wildman–Crippen MR) is 61.1 cm³/mol. The Morgan fingerprint density at radius 1 is 1.33 bits per heavy atom. The highest BCUT2D eigenvalue weighted by Gasteiger charge is 2.31. The number of benzene rings is 1. The van der Waals surface area contributed by atoms with E-state index in [2.05, 4.69) is 4.74 Å². The largest absolute Gasteiger partial charge is 0.573 e. The van der Waals surface area contributed by atoms with E-state index in [9.17, 15) is 18.3 Å². The van der Waals surface area contributed by atoms with Crippen molar-refractivity contribution in [2.75, 3.05) is 6.54 Å². The van der Waals surface area contributed by atoms with Gasteiger partial charge >= 0.3 is 6.36 Å². The van der Waals surface area contributed by atoms with Crippen molar-refractivity contribution in [2.24, 2.45) is 5.73 Å². The highest BCUT2D eigenvalue weighted by molar-refractivity contribution is 5.35. The fourth-order valence-electron chi connectivity index (χ4n) is 1.60. The van der Waals surface area contributed by atoms with Crippen molar-refractivity contribution in [3.05, 3.63) is 29.3 Å². The van der Waals surface area contributed by atoms with Gasteiger partial charge in [-0.1, -0.05) is 13.0 Å². The van der Waals surface area contributed by atoms with E-state index in [0.29, 0.717) is 24.0 Å². The van der Waals surface area contributed by atoms with Gasteiger partial charge in [0.05, 0.1) is 6.10 Å². The lowest BCUT2D eigenvalue weighted by Gasteiger charge is -2.15. The van der Waals surface area contributed by atoms with Gasteiger partial charge in [-0.3, -0.25) is 0 Å². The van der Waals surface area contributed by atoms with E-state index in [0.717, 1.165) is 0 Å². The predicted octanol–water partition coefficient (Wildman–Crippen LogP) is 2.53. The number of aryl methyl sites for hydroxylation is 1. The molecule has 0 aliphatic carbocycles. The topological polar surface area (TPSA) is 55.5 Å². The molecular formula is C12H16F3NO2. The number of ether oxygens (including phenoxy) is 1. The molecule has 18 heavy (non-hydrogen) atoms. The maximum Gasteiger partial charge on any atom is 0.573 e. The SMILES string of the molecule is CCc1cc(OC(F)(F)F)cc(C(O)CCN)c1. The van der Waals surface area contributed by atoms with Crippen LogP contribution in [0.5, 0.6) is 5.75 Å². The van der Waals surface area contributed by atoms with Crippen molar-refractivity contribution in [1.29, 1.82) is 0 Å². The monoisotopic (exact) mass is 263 g/mol. The number of hydrogen-bond acceptors (Lipinski definition) is 3. The molecule has 0 spiro atoms. The van der Waals surface area contributed by atoms with Crippen molar-refractivity contribution in [3.8, 4) is 5.75 Å². The summed E-state index contributed by atoms with van der Waals surface area (Å²) in [6, 6.07) is 4.16. The number of rotatable bonds is 5. The third-order valence-electron chi connectivity index (χ3n) is 2.46. The summed E-state index contributed by atoms with van der Waals surface area (Å²) in [6.45, 7) is 2.07. The minimum Gasteiger partial charge on any atom is -0.406 e. The van der Waals surface area contributed by atoms with Crippen LogP contribution in [0.2, 0.25) is 0 Å². The lowest BCUT2D eigenvalue weighted by molar-refractivity contribution is -0.274. The number of nitrogens with two attached hydrogens (primary N) is 1. The van der Waals surface area contributed by atoms with Gasteiger partial charge in [0.25, 0.3) is 0 Å². The standard InChI is InChI=1S/C12H16F3NO2/c1-2-8-5-9(11(17)3-4-16)7-10(6-8)18-12(13,14)15/h5-7,11,17H,2-4,16H2,1H3. The minimum atomic E-state index is -4.73. The highest BCUT2D eigenvalue weighted by Crippen LogP contribution is 2.28. The molecule has 1 aromatic rings. The second-order valence-electron chi connectivity index (χ2n) is 3.90. The summed E-state index contributed by atoms with van der Waals surface area (Å²) in [5.74, 6) is -0.312. The van der Waals surface area contributed by atoms with Crippen molar-refractivity contribution in [1.82, 2.24) is 0 Å². The second-order valence-corrected chi connectivity index (χ2v) is 3.90. The molecule has 1 unspecified atom stereocenters. The molecule has 6 heteroatoms. The summed E-state index contributed by atoms with van der Waals surface area (Å²) in [5, 5.41) is 9.75. The van der Waals surface area contributed by atoms with Gasteiger partial charge in [0.2, 0.25) is 0 Å². The number of halogens is 3. The summed E-state index contributed by atoms with van der Waals surface area (Å²) in [5.41, 5.74) is 6.36. The van der Waals surface area contributed by atoms with Crippen LogP contribution in [0.3, 0.4) is 0 Å². The van der Waals surface area contributed by atoms with Gasteiger partial charge in [-0.05, 0) is 42.6 Å². The molecule has 1 atom stereocenters. The average molecular weight is 263 g/mol. The minimum absolute atomic E-state index is 0.257. The van der Waals surface area contributed by atoms with Crippen molar-refractivity contribution < 1.29 is 23.0 Å². The van der Waals surface area contributed by atoms with Gasteiger partial charge < -0.3 is 15.6 Å². The summed E-state index contributed by atoms with van der Waals surface area (Å²) in [4.78, 5) is 0. The zero-order valence-corrected chi connectivity index (χ0v) is 10.00. The maximum atomic E-state index is 12.2. The molecular weight excluding hydrogens is 247 g/mol. The zero-order valence-electron chi connectivity index (χ0n) is 10.00. The third kappa shape index (κ3) is 4.54. The van der Waals surface area contributed by atoms with Gasteiger partial charge in [-0.2, -0.15) is 0 Å². The van der Waals surface area contributed by atoms with Gasteiger partial charge in [-0.25, -0.2) is 0 Å². The normalized spacial score (nSPS) is 13.4. The Morgan fingerprint density at radius 3 is 2.50 bits per heavy atom. The lowest BCUT2D eigenvalue weighted by atomic mass is 10.0. The number of alkyl halides is 3. The van der Waals surface area contributed by atoms with Crippen LogP contribution in [0.15, 0.2) is 18.2 Å². The molecule has 3 nitrogen and oxygen atoms in total. The van der Waals surface area contributed by atoms with E-state index < -0.39 is 12.5 Å². The Balaban J connectivity index is 3.01. The molecule has 3 N–H and O–H groups in total. The van der Waals surface area contributed by atoms with Gasteiger partial charge in [-0.15, -0.1) is 13.2 Å². The molecule has 0 heterocycles. The molecule has 0 bridgehead atoms. The van der Waals surface area contributed by atoms with E-state index in [4.69, 9.17) is 5.73 Å². The molecule has 0 amide bonds. The van der Waals surface area contributed by atoms with Crippen molar-refractivity contribution in [3.63, 3.8) is 0 Å². The molecule has 0 saturated heterocycles. The Labute approximate surface area is 103 Å². The van der Waals surface area contributed by atoms with Gasteiger partial charge in [0.1, 0.15) is 5.75 Å².